The van der Waals surface area contributed by atoms with Gasteiger partial charge in [-0.1, -0.05) is 30.3 Å². The van der Waals surface area contributed by atoms with E-state index in [1.165, 1.54) is 12.1 Å². The van der Waals surface area contributed by atoms with Crippen molar-refractivity contribution in [3.05, 3.63) is 75.8 Å². The highest BCUT2D eigenvalue weighted by atomic mass is 35.5. The number of ether oxygens (including phenoxy) is 1. The topological polar surface area (TPSA) is 72.7 Å². The summed E-state index contributed by atoms with van der Waals surface area (Å²) < 4.78 is 5.35. The normalized spacial score (nSPS) is 11.0. The Labute approximate surface area is 158 Å². The van der Waals surface area contributed by atoms with Gasteiger partial charge in [-0.25, -0.2) is 4.79 Å². The first-order chi connectivity index (χ1) is 12.0. The first-order valence-corrected chi connectivity index (χ1v) is 7.81. The maximum Gasteiger partial charge on any atom is 0.338 e. The fraction of sp³-hybridized carbons (Fsp3) is 0.211. The second kappa shape index (κ2) is 10.3. The van der Waals surface area contributed by atoms with Crippen LogP contribution in [-0.2, 0) is 9.53 Å². The lowest BCUT2D eigenvalue weighted by Crippen LogP contribution is -2.20. The van der Waals surface area contributed by atoms with E-state index in [-0.39, 0.29) is 24.7 Å². The van der Waals surface area contributed by atoms with Crippen molar-refractivity contribution in [1.29, 1.82) is 0 Å². The Morgan fingerprint density at radius 2 is 1.73 bits per heavy atom. The fourth-order valence-electron chi connectivity index (χ4n) is 2.14. The van der Waals surface area contributed by atoms with Crippen molar-refractivity contribution < 1.29 is 14.5 Å². The molecule has 0 radical (unpaired) electrons. The highest BCUT2D eigenvalue weighted by Gasteiger charge is 2.14. The third-order valence-corrected chi connectivity index (χ3v) is 3.49. The first-order valence-electron chi connectivity index (χ1n) is 7.81. The maximum absolute atomic E-state index is 12.5. The SMILES string of the molecule is CN(C)CCOC(=O)/C(=C\c1ccc([N+](=O)[O-])cc1)c1ccccc1.Cl. The Morgan fingerprint density at radius 3 is 2.27 bits per heavy atom. The Bertz CT molecular complexity index is 759. The standard InChI is InChI=1S/C19H20N2O4.ClH/c1-20(2)12-13-25-19(22)18(16-6-4-3-5-7-16)14-15-8-10-17(11-9-15)21(23)24;/h3-11,14H,12-13H2,1-2H3;1H/b18-14-;. The van der Waals surface area contributed by atoms with Gasteiger partial charge in [0.15, 0.2) is 0 Å². The summed E-state index contributed by atoms with van der Waals surface area (Å²) in [5.41, 5.74) is 1.84. The molecule has 0 amide bonds. The largest absolute Gasteiger partial charge is 0.461 e. The summed E-state index contributed by atoms with van der Waals surface area (Å²) in [5.74, 6) is -0.425. The highest BCUT2D eigenvalue weighted by Crippen LogP contribution is 2.21. The van der Waals surface area contributed by atoms with Crippen LogP contribution in [0.3, 0.4) is 0 Å². The smallest absolute Gasteiger partial charge is 0.338 e. The van der Waals surface area contributed by atoms with Gasteiger partial charge in [-0.3, -0.25) is 10.1 Å². The molecule has 0 aromatic heterocycles. The summed E-state index contributed by atoms with van der Waals surface area (Å²) >= 11 is 0. The molecule has 26 heavy (non-hydrogen) atoms. The minimum absolute atomic E-state index is 0. The molecular formula is C19H21ClN2O4. The molecule has 7 heteroatoms. The van der Waals surface area contributed by atoms with Crippen molar-refractivity contribution in [2.45, 2.75) is 0 Å². The number of esters is 1. The molecule has 0 heterocycles. The lowest BCUT2D eigenvalue weighted by atomic mass is 10.0. The number of nitro groups is 1. The van der Waals surface area contributed by atoms with Crippen molar-refractivity contribution >= 4 is 35.7 Å². The van der Waals surface area contributed by atoms with Gasteiger partial charge in [0.1, 0.15) is 6.61 Å². The monoisotopic (exact) mass is 376 g/mol. The van der Waals surface area contributed by atoms with Crippen LogP contribution in [0.25, 0.3) is 11.6 Å². The minimum Gasteiger partial charge on any atom is -0.461 e. The molecule has 2 aromatic rings. The summed E-state index contributed by atoms with van der Waals surface area (Å²) in [4.78, 5) is 24.7. The van der Waals surface area contributed by atoms with Crippen LogP contribution in [0.15, 0.2) is 54.6 Å². The zero-order chi connectivity index (χ0) is 18.2. The molecule has 0 saturated carbocycles. The van der Waals surface area contributed by atoms with Crippen molar-refractivity contribution in [3.8, 4) is 0 Å². The van der Waals surface area contributed by atoms with E-state index < -0.39 is 10.9 Å². The lowest BCUT2D eigenvalue weighted by Gasteiger charge is -2.12. The molecule has 0 aliphatic heterocycles. The molecule has 0 aliphatic rings. The van der Waals surface area contributed by atoms with E-state index in [2.05, 4.69) is 0 Å². The molecule has 0 N–H and O–H groups in total. The quantitative estimate of drug-likeness (QED) is 0.242. The van der Waals surface area contributed by atoms with Crippen LogP contribution in [0.2, 0.25) is 0 Å². The van der Waals surface area contributed by atoms with Crippen LogP contribution in [0.1, 0.15) is 11.1 Å². The molecule has 138 valence electrons. The molecule has 2 aromatic carbocycles. The average molecular weight is 377 g/mol. The number of halogens is 1. The van der Waals surface area contributed by atoms with Crippen LogP contribution in [0.4, 0.5) is 5.69 Å². The van der Waals surface area contributed by atoms with E-state index in [9.17, 15) is 14.9 Å². The van der Waals surface area contributed by atoms with Gasteiger partial charge < -0.3 is 9.64 Å². The number of nitro benzene ring substituents is 1. The molecule has 0 atom stereocenters. The van der Waals surface area contributed by atoms with Crippen molar-refractivity contribution in [2.75, 3.05) is 27.2 Å². The van der Waals surface area contributed by atoms with Crippen LogP contribution in [0, 0.1) is 10.1 Å². The Morgan fingerprint density at radius 1 is 1.12 bits per heavy atom. The summed E-state index contributed by atoms with van der Waals surface area (Å²) in [6, 6.07) is 15.2. The summed E-state index contributed by atoms with van der Waals surface area (Å²) in [6.45, 7) is 0.918. The number of carbonyl (C=O) groups is 1. The van der Waals surface area contributed by atoms with Gasteiger partial charge >= 0.3 is 5.97 Å². The van der Waals surface area contributed by atoms with Gasteiger partial charge in [0.2, 0.25) is 0 Å². The van der Waals surface area contributed by atoms with Crippen LogP contribution >= 0.6 is 12.4 Å². The molecule has 0 fully saturated rings. The van der Waals surface area contributed by atoms with Crippen molar-refractivity contribution in [2.24, 2.45) is 0 Å². The fourth-order valence-corrected chi connectivity index (χ4v) is 2.14. The molecule has 0 aliphatic carbocycles. The van der Waals surface area contributed by atoms with E-state index in [1.807, 2.05) is 49.3 Å². The van der Waals surface area contributed by atoms with E-state index in [4.69, 9.17) is 4.74 Å². The zero-order valence-electron chi connectivity index (χ0n) is 14.6. The first kappa shape index (κ1) is 21.3. The van der Waals surface area contributed by atoms with Crippen LogP contribution in [-0.4, -0.2) is 43.0 Å². The second-order valence-electron chi connectivity index (χ2n) is 5.71. The molecular weight excluding hydrogens is 356 g/mol. The van der Waals surface area contributed by atoms with E-state index in [1.54, 1.807) is 18.2 Å². The number of benzene rings is 2. The summed E-state index contributed by atoms with van der Waals surface area (Å²) in [5, 5.41) is 10.7. The highest BCUT2D eigenvalue weighted by molar-refractivity contribution is 6.21. The zero-order valence-corrected chi connectivity index (χ0v) is 15.4. The van der Waals surface area contributed by atoms with E-state index in [0.29, 0.717) is 17.7 Å². The third kappa shape index (κ3) is 6.31. The molecule has 6 nitrogen and oxygen atoms in total. The molecule has 2 rings (SSSR count). The maximum atomic E-state index is 12.5. The Hall–Kier alpha value is -2.70. The molecule has 0 saturated heterocycles. The van der Waals surface area contributed by atoms with Gasteiger partial charge in [0, 0.05) is 18.7 Å². The Kier molecular flexibility index (Phi) is 8.48. The van der Waals surface area contributed by atoms with Gasteiger partial charge in [0.05, 0.1) is 10.5 Å². The van der Waals surface area contributed by atoms with Gasteiger partial charge in [-0.05, 0) is 43.4 Å². The predicted molar refractivity (Wildman–Crippen MR) is 104 cm³/mol. The molecule has 0 unspecified atom stereocenters. The van der Waals surface area contributed by atoms with E-state index >= 15 is 0 Å². The van der Waals surface area contributed by atoms with Gasteiger partial charge in [-0.15, -0.1) is 12.4 Å². The molecule has 0 bridgehead atoms. The number of rotatable bonds is 7. The van der Waals surface area contributed by atoms with Crippen LogP contribution < -0.4 is 0 Å². The minimum atomic E-state index is -0.457. The lowest BCUT2D eigenvalue weighted by molar-refractivity contribution is -0.384. The van der Waals surface area contributed by atoms with Crippen LogP contribution in [0.5, 0.6) is 0 Å². The number of hydrogen-bond donors (Lipinski definition) is 0. The number of nitrogens with zero attached hydrogens (tertiary/aromatic N) is 2. The number of non-ortho nitro benzene ring substituents is 1. The number of hydrogen-bond acceptors (Lipinski definition) is 5. The summed E-state index contributed by atoms with van der Waals surface area (Å²) in [6.07, 6.45) is 1.68. The van der Waals surface area contributed by atoms with Gasteiger partial charge in [0.25, 0.3) is 5.69 Å². The second-order valence-corrected chi connectivity index (χ2v) is 5.71. The average Bonchev–Trinajstić information content (AvgIpc) is 2.60. The Balaban J connectivity index is 0.00000338. The number of likely N-dealkylation sites (N-methyl/N-ethyl adjacent to an activating group) is 1. The van der Waals surface area contributed by atoms with Crippen molar-refractivity contribution in [1.82, 2.24) is 4.90 Å². The van der Waals surface area contributed by atoms with E-state index in [0.717, 1.165) is 5.56 Å². The summed E-state index contributed by atoms with van der Waals surface area (Å²) in [7, 11) is 3.80. The third-order valence-electron chi connectivity index (χ3n) is 3.49. The van der Waals surface area contributed by atoms with Crippen molar-refractivity contribution in [3.63, 3.8) is 0 Å². The molecule has 0 spiro atoms. The predicted octanol–water partition coefficient (Wildman–Crippen LogP) is 3.66. The number of carbonyl (C=O) groups excluding carboxylic acids is 1. The van der Waals surface area contributed by atoms with Gasteiger partial charge in [-0.2, -0.15) is 0 Å².